The van der Waals surface area contributed by atoms with Crippen molar-refractivity contribution in [3.63, 3.8) is 0 Å². The second-order valence-corrected chi connectivity index (χ2v) is 5.74. The molecule has 0 spiro atoms. The van der Waals surface area contributed by atoms with Crippen molar-refractivity contribution in [3.8, 4) is 5.75 Å². The van der Waals surface area contributed by atoms with Gasteiger partial charge < -0.3 is 9.47 Å². The second kappa shape index (κ2) is 6.70. The third kappa shape index (κ3) is 3.35. The monoisotopic (exact) mass is 297 g/mol. The summed E-state index contributed by atoms with van der Waals surface area (Å²) in [5, 5.41) is 0. The topological polar surface area (TPSA) is 59.8 Å². The van der Waals surface area contributed by atoms with E-state index in [0.29, 0.717) is 19.0 Å². The average Bonchev–Trinajstić information content (AvgIpc) is 2.49. The molecule has 0 bridgehead atoms. The molecule has 0 amide bonds. The number of nitrogens with one attached hydrogen (secondary N) is 1. The number of hydrogen-bond donors (Lipinski definition) is 2. The summed E-state index contributed by atoms with van der Waals surface area (Å²) in [5.74, 6) is 6.11. The summed E-state index contributed by atoms with van der Waals surface area (Å²) in [6, 6.07) is 4.23. The molecule has 1 atom stereocenters. The van der Waals surface area contributed by atoms with E-state index >= 15 is 0 Å². The molecule has 0 aromatic heterocycles. The zero-order valence-electron chi connectivity index (χ0n) is 12.9. The molecule has 21 heavy (non-hydrogen) atoms. The Bertz CT molecular complexity index is 476. The highest BCUT2D eigenvalue weighted by molar-refractivity contribution is 5.38. The van der Waals surface area contributed by atoms with Crippen LogP contribution in [-0.2, 0) is 4.74 Å². The molecule has 1 aliphatic rings. The van der Waals surface area contributed by atoms with Gasteiger partial charge >= 0.3 is 0 Å². The number of nitrogens with zero attached hydrogens (tertiary/aromatic N) is 1. The van der Waals surface area contributed by atoms with E-state index in [9.17, 15) is 4.39 Å². The fourth-order valence-electron chi connectivity index (χ4n) is 2.93. The number of rotatable bonds is 5. The zero-order valence-corrected chi connectivity index (χ0v) is 12.9. The number of hydrogen-bond acceptors (Lipinski definition) is 5. The number of hydrazine groups is 1. The van der Waals surface area contributed by atoms with Crippen molar-refractivity contribution in [1.29, 1.82) is 0 Å². The van der Waals surface area contributed by atoms with Crippen LogP contribution < -0.4 is 16.0 Å². The zero-order chi connectivity index (χ0) is 15.5. The molecule has 3 N–H and O–H groups in total. The van der Waals surface area contributed by atoms with Gasteiger partial charge in [0.2, 0.25) is 0 Å². The van der Waals surface area contributed by atoms with E-state index in [0.717, 1.165) is 18.7 Å². The average molecular weight is 297 g/mol. The van der Waals surface area contributed by atoms with Crippen LogP contribution in [-0.4, -0.2) is 43.9 Å². The standard InChI is InChI=1S/C15H24FN3O2/c1-15(2,19-6-8-21-9-7-19)14(18-17)12-10-11(16)4-5-13(12)20-3/h4-5,10,14,18H,6-9,17H2,1-3H3. The van der Waals surface area contributed by atoms with Gasteiger partial charge in [-0.1, -0.05) is 0 Å². The van der Waals surface area contributed by atoms with E-state index in [-0.39, 0.29) is 17.4 Å². The summed E-state index contributed by atoms with van der Waals surface area (Å²) in [7, 11) is 1.58. The summed E-state index contributed by atoms with van der Waals surface area (Å²) in [6.07, 6.45) is 0. The number of morpholine rings is 1. The minimum atomic E-state index is -0.306. The third-order valence-corrected chi connectivity index (χ3v) is 4.20. The van der Waals surface area contributed by atoms with Gasteiger partial charge in [-0.25, -0.2) is 4.39 Å². The first-order valence-corrected chi connectivity index (χ1v) is 7.13. The molecular weight excluding hydrogens is 273 g/mol. The Morgan fingerprint density at radius 3 is 2.62 bits per heavy atom. The summed E-state index contributed by atoms with van der Waals surface area (Å²) in [6.45, 7) is 7.22. The van der Waals surface area contributed by atoms with Gasteiger partial charge in [0.1, 0.15) is 11.6 Å². The summed E-state index contributed by atoms with van der Waals surface area (Å²) in [5.41, 5.74) is 3.24. The van der Waals surface area contributed by atoms with E-state index < -0.39 is 0 Å². The maximum atomic E-state index is 13.7. The van der Waals surface area contributed by atoms with Crippen LogP contribution >= 0.6 is 0 Å². The summed E-state index contributed by atoms with van der Waals surface area (Å²) >= 11 is 0. The highest BCUT2D eigenvalue weighted by atomic mass is 19.1. The van der Waals surface area contributed by atoms with Crippen molar-refractivity contribution < 1.29 is 13.9 Å². The van der Waals surface area contributed by atoms with Gasteiger partial charge in [-0.3, -0.25) is 16.2 Å². The van der Waals surface area contributed by atoms with Crippen LogP contribution in [0.1, 0.15) is 25.5 Å². The molecule has 118 valence electrons. The maximum Gasteiger partial charge on any atom is 0.123 e. The first kappa shape index (κ1) is 16.2. The molecule has 0 radical (unpaired) electrons. The fourth-order valence-corrected chi connectivity index (χ4v) is 2.93. The number of nitrogens with two attached hydrogens (primary N) is 1. The van der Waals surface area contributed by atoms with Crippen molar-refractivity contribution >= 4 is 0 Å². The highest BCUT2D eigenvalue weighted by Crippen LogP contribution is 2.36. The van der Waals surface area contributed by atoms with Crippen LogP contribution in [0.2, 0.25) is 0 Å². The lowest BCUT2D eigenvalue weighted by atomic mass is 9.86. The van der Waals surface area contributed by atoms with Gasteiger partial charge in [0.25, 0.3) is 0 Å². The van der Waals surface area contributed by atoms with Gasteiger partial charge in [-0.15, -0.1) is 0 Å². The van der Waals surface area contributed by atoms with Crippen molar-refractivity contribution in [2.24, 2.45) is 5.84 Å². The molecular formula is C15H24FN3O2. The number of benzene rings is 1. The van der Waals surface area contributed by atoms with Gasteiger partial charge in [0.05, 0.1) is 26.4 Å². The van der Waals surface area contributed by atoms with Crippen LogP contribution in [0.25, 0.3) is 0 Å². The Balaban J connectivity index is 2.35. The lowest BCUT2D eigenvalue weighted by Crippen LogP contribution is -2.57. The molecule has 1 aromatic carbocycles. The van der Waals surface area contributed by atoms with E-state index in [1.165, 1.54) is 12.1 Å². The molecule has 2 rings (SSSR count). The normalized spacial score (nSPS) is 18.5. The minimum Gasteiger partial charge on any atom is -0.496 e. The molecule has 1 heterocycles. The Kier molecular flexibility index (Phi) is 5.16. The second-order valence-electron chi connectivity index (χ2n) is 5.74. The third-order valence-electron chi connectivity index (χ3n) is 4.20. The smallest absolute Gasteiger partial charge is 0.123 e. The molecule has 1 unspecified atom stereocenters. The van der Waals surface area contributed by atoms with Crippen LogP contribution in [0.3, 0.4) is 0 Å². The first-order valence-electron chi connectivity index (χ1n) is 7.13. The van der Waals surface area contributed by atoms with E-state index in [1.54, 1.807) is 13.2 Å². The van der Waals surface area contributed by atoms with E-state index in [4.69, 9.17) is 15.3 Å². The van der Waals surface area contributed by atoms with Crippen molar-refractivity contribution in [1.82, 2.24) is 10.3 Å². The SMILES string of the molecule is COc1ccc(F)cc1C(NN)C(C)(C)N1CCOCC1. The summed E-state index contributed by atoms with van der Waals surface area (Å²) < 4.78 is 24.4. The lowest BCUT2D eigenvalue weighted by Gasteiger charge is -2.45. The predicted molar refractivity (Wildman–Crippen MR) is 79.5 cm³/mol. The number of ether oxygens (including phenoxy) is 2. The van der Waals surface area contributed by atoms with Gasteiger partial charge in [-0.2, -0.15) is 0 Å². The van der Waals surface area contributed by atoms with Crippen molar-refractivity contribution in [2.45, 2.75) is 25.4 Å². The Morgan fingerprint density at radius 1 is 1.38 bits per heavy atom. The molecule has 0 saturated carbocycles. The maximum absolute atomic E-state index is 13.7. The molecule has 1 fully saturated rings. The quantitative estimate of drug-likeness (QED) is 0.636. The number of halogens is 1. The Labute approximate surface area is 125 Å². The van der Waals surface area contributed by atoms with Crippen LogP contribution in [0.5, 0.6) is 5.75 Å². The summed E-state index contributed by atoms with van der Waals surface area (Å²) in [4.78, 5) is 2.30. The highest BCUT2D eigenvalue weighted by Gasteiger charge is 2.38. The van der Waals surface area contributed by atoms with Crippen molar-refractivity contribution in [2.75, 3.05) is 33.4 Å². The first-order chi connectivity index (χ1) is 10.0. The molecule has 1 aliphatic heterocycles. The molecule has 0 aliphatic carbocycles. The minimum absolute atomic E-state index is 0.263. The van der Waals surface area contributed by atoms with E-state index in [2.05, 4.69) is 24.2 Å². The van der Waals surface area contributed by atoms with Crippen LogP contribution in [0.15, 0.2) is 18.2 Å². The molecule has 1 aromatic rings. The Morgan fingerprint density at radius 2 is 2.05 bits per heavy atom. The predicted octanol–water partition coefficient (Wildman–Crippen LogP) is 1.45. The van der Waals surface area contributed by atoms with Gasteiger partial charge in [-0.05, 0) is 32.0 Å². The fraction of sp³-hybridized carbons (Fsp3) is 0.600. The molecule has 5 nitrogen and oxygen atoms in total. The van der Waals surface area contributed by atoms with Gasteiger partial charge in [0, 0.05) is 24.2 Å². The lowest BCUT2D eigenvalue weighted by molar-refractivity contribution is -0.0241. The largest absolute Gasteiger partial charge is 0.496 e. The Hall–Kier alpha value is -1.21. The number of methoxy groups -OCH3 is 1. The van der Waals surface area contributed by atoms with Crippen LogP contribution in [0, 0.1) is 5.82 Å². The van der Waals surface area contributed by atoms with Gasteiger partial charge in [0.15, 0.2) is 0 Å². The molecule has 6 heteroatoms. The van der Waals surface area contributed by atoms with Crippen LogP contribution in [0.4, 0.5) is 4.39 Å². The van der Waals surface area contributed by atoms with E-state index in [1.807, 2.05) is 0 Å². The van der Waals surface area contributed by atoms with Crippen molar-refractivity contribution in [3.05, 3.63) is 29.6 Å². The molecule has 1 saturated heterocycles.